The van der Waals surface area contributed by atoms with Crippen LogP contribution in [0.4, 0.5) is 0 Å². The van der Waals surface area contributed by atoms with Gasteiger partial charge < -0.3 is 10.6 Å². The van der Waals surface area contributed by atoms with Crippen LogP contribution in [0, 0.1) is 5.41 Å². The second-order valence-electron chi connectivity index (χ2n) is 6.61. The van der Waals surface area contributed by atoms with Crippen LogP contribution in [0.2, 0.25) is 0 Å². The molecule has 1 atom stereocenters. The highest BCUT2D eigenvalue weighted by Crippen LogP contribution is 2.29. The number of piperidine rings is 1. The minimum Gasteiger partial charge on any atom is -0.350 e. The van der Waals surface area contributed by atoms with Crippen LogP contribution in [0.5, 0.6) is 0 Å². The van der Waals surface area contributed by atoms with E-state index >= 15 is 0 Å². The van der Waals surface area contributed by atoms with Crippen LogP contribution >= 0.6 is 12.4 Å². The van der Waals surface area contributed by atoms with E-state index < -0.39 is 0 Å². The first-order valence-corrected chi connectivity index (χ1v) is 7.91. The number of hydrogen-bond acceptors (Lipinski definition) is 5. The summed E-state index contributed by atoms with van der Waals surface area (Å²) in [4.78, 5) is 12.3. The molecule has 0 saturated carbocycles. The zero-order valence-corrected chi connectivity index (χ0v) is 14.7. The topological polar surface area (TPSA) is 84.7 Å². The molecule has 1 aliphatic heterocycles. The van der Waals surface area contributed by atoms with E-state index in [1.165, 1.54) is 19.2 Å². The van der Waals surface area contributed by atoms with Gasteiger partial charge in [-0.2, -0.15) is 0 Å². The van der Waals surface area contributed by atoms with E-state index in [1.807, 2.05) is 12.1 Å². The maximum absolute atomic E-state index is 12.3. The van der Waals surface area contributed by atoms with Gasteiger partial charge in [0.25, 0.3) is 5.91 Å². The summed E-state index contributed by atoms with van der Waals surface area (Å²) in [7, 11) is 0. The van der Waals surface area contributed by atoms with Gasteiger partial charge in [-0.25, -0.2) is 4.68 Å². The highest BCUT2D eigenvalue weighted by Gasteiger charge is 2.31. The molecule has 1 aromatic carbocycles. The summed E-state index contributed by atoms with van der Waals surface area (Å²) in [6.07, 6.45) is 3.89. The van der Waals surface area contributed by atoms with Crippen molar-refractivity contribution in [2.24, 2.45) is 5.41 Å². The fraction of sp³-hybridized carbons (Fsp3) is 0.500. The summed E-state index contributed by atoms with van der Waals surface area (Å²) >= 11 is 0. The monoisotopic (exact) mass is 350 g/mol. The molecule has 2 N–H and O–H groups in total. The fourth-order valence-electron chi connectivity index (χ4n) is 2.96. The molecule has 7 nitrogen and oxygen atoms in total. The van der Waals surface area contributed by atoms with Gasteiger partial charge in [0.05, 0.1) is 5.69 Å². The first kappa shape index (κ1) is 18.4. The molecular weight excluding hydrogens is 328 g/mol. The molecule has 1 saturated heterocycles. The Kier molecular flexibility index (Phi) is 5.90. The third-order valence-electron chi connectivity index (χ3n) is 4.54. The van der Waals surface area contributed by atoms with E-state index in [0.717, 1.165) is 12.2 Å². The zero-order chi connectivity index (χ0) is 16.3. The molecule has 3 rings (SSSR count). The molecule has 1 amide bonds. The molecule has 1 aromatic heterocycles. The SMILES string of the molecule is CC1(C)CCCNC1CNC(=O)c1ccc(-n2cnnn2)cc1.Cl. The van der Waals surface area contributed by atoms with E-state index in [2.05, 4.69) is 40.0 Å². The Balaban J connectivity index is 0.00000208. The molecule has 8 heteroatoms. The van der Waals surface area contributed by atoms with Crippen molar-refractivity contribution in [3.05, 3.63) is 36.2 Å². The quantitative estimate of drug-likeness (QED) is 0.874. The number of carbonyl (C=O) groups is 1. The number of rotatable bonds is 4. The van der Waals surface area contributed by atoms with Crippen molar-refractivity contribution in [2.75, 3.05) is 13.1 Å². The van der Waals surface area contributed by atoms with Crippen molar-refractivity contribution >= 4 is 18.3 Å². The van der Waals surface area contributed by atoms with E-state index in [4.69, 9.17) is 0 Å². The number of nitrogens with one attached hydrogen (secondary N) is 2. The second kappa shape index (κ2) is 7.72. The molecular formula is C16H23ClN6O. The van der Waals surface area contributed by atoms with Gasteiger partial charge in [0.15, 0.2) is 0 Å². The molecule has 24 heavy (non-hydrogen) atoms. The summed E-state index contributed by atoms with van der Waals surface area (Å²) in [5.74, 6) is -0.0589. The predicted octanol–water partition coefficient (Wildman–Crippen LogP) is 1.59. The molecule has 0 bridgehead atoms. The summed E-state index contributed by atoms with van der Waals surface area (Å²) in [6.45, 7) is 6.15. The third-order valence-corrected chi connectivity index (χ3v) is 4.54. The Bertz CT molecular complexity index is 656. The van der Waals surface area contributed by atoms with Crippen molar-refractivity contribution in [2.45, 2.75) is 32.7 Å². The van der Waals surface area contributed by atoms with Crippen LogP contribution in [-0.2, 0) is 0 Å². The average Bonchev–Trinajstić information content (AvgIpc) is 3.08. The van der Waals surface area contributed by atoms with Gasteiger partial charge in [-0.1, -0.05) is 13.8 Å². The summed E-state index contributed by atoms with van der Waals surface area (Å²) < 4.78 is 1.55. The lowest BCUT2D eigenvalue weighted by molar-refractivity contribution is 0.0929. The maximum atomic E-state index is 12.3. The van der Waals surface area contributed by atoms with Crippen LogP contribution in [0.1, 0.15) is 37.0 Å². The standard InChI is InChI=1S/C16H22N6O.ClH/c1-16(2)8-3-9-17-14(16)10-18-15(23)12-4-6-13(7-5-12)22-11-19-20-21-22;/h4-7,11,14,17H,3,8-10H2,1-2H3,(H,18,23);1H. The van der Waals surface area contributed by atoms with Crippen LogP contribution in [0.3, 0.4) is 0 Å². The molecule has 0 radical (unpaired) electrons. The minimum atomic E-state index is -0.0589. The molecule has 130 valence electrons. The normalized spacial score (nSPS) is 19.3. The number of benzene rings is 1. The number of nitrogens with zero attached hydrogens (tertiary/aromatic N) is 4. The van der Waals surface area contributed by atoms with Crippen molar-refractivity contribution in [3.8, 4) is 5.69 Å². The highest BCUT2D eigenvalue weighted by atomic mass is 35.5. The van der Waals surface area contributed by atoms with Crippen LogP contribution in [0.25, 0.3) is 5.69 Å². The van der Waals surface area contributed by atoms with Gasteiger partial charge in [0.1, 0.15) is 6.33 Å². The van der Waals surface area contributed by atoms with Crippen LogP contribution in [0.15, 0.2) is 30.6 Å². The zero-order valence-electron chi connectivity index (χ0n) is 13.9. The Labute approximate surface area is 147 Å². The Hall–Kier alpha value is -1.99. The number of carbonyl (C=O) groups excluding carboxylic acids is 1. The Morgan fingerprint density at radius 1 is 1.38 bits per heavy atom. The molecule has 2 aromatic rings. The second-order valence-corrected chi connectivity index (χ2v) is 6.61. The fourth-order valence-corrected chi connectivity index (χ4v) is 2.96. The smallest absolute Gasteiger partial charge is 0.251 e. The number of hydrogen-bond donors (Lipinski definition) is 2. The number of aromatic nitrogens is 4. The molecule has 2 heterocycles. The van der Waals surface area contributed by atoms with Crippen molar-refractivity contribution in [1.29, 1.82) is 0 Å². The van der Waals surface area contributed by atoms with Gasteiger partial charge in [0, 0.05) is 18.2 Å². The summed E-state index contributed by atoms with van der Waals surface area (Å²) in [5, 5.41) is 17.5. The van der Waals surface area contributed by atoms with Crippen molar-refractivity contribution < 1.29 is 4.79 Å². The number of tetrazole rings is 1. The lowest BCUT2D eigenvalue weighted by Gasteiger charge is -2.39. The third kappa shape index (κ3) is 4.10. The lowest BCUT2D eigenvalue weighted by atomic mass is 9.77. The van der Waals surface area contributed by atoms with Crippen molar-refractivity contribution in [1.82, 2.24) is 30.8 Å². The Morgan fingerprint density at radius 3 is 2.75 bits per heavy atom. The Morgan fingerprint density at radius 2 is 2.12 bits per heavy atom. The van der Waals surface area contributed by atoms with Crippen molar-refractivity contribution in [3.63, 3.8) is 0 Å². The van der Waals surface area contributed by atoms with E-state index in [9.17, 15) is 4.79 Å². The molecule has 1 fully saturated rings. The van der Waals surface area contributed by atoms with Gasteiger partial charge in [-0.3, -0.25) is 4.79 Å². The maximum Gasteiger partial charge on any atom is 0.251 e. The lowest BCUT2D eigenvalue weighted by Crippen LogP contribution is -2.52. The minimum absolute atomic E-state index is 0. The summed E-state index contributed by atoms with van der Waals surface area (Å²) in [5.41, 5.74) is 1.66. The largest absolute Gasteiger partial charge is 0.350 e. The van der Waals surface area contributed by atoms with Crippen LogP contribution < -0.4 is 10.6 Å². The molecule has 0 spiro atoms. The first-order valence-electron chi connectivity index (χ1n) is 7.91. The number of amides is 1. The highest BCUT2D eigenvalue weighted by molar-refractivity contribution is 5.94. The van der Waals surface area contributed by atoms with Crippen LogP contribution in [-0.4, -0.2) is 45.2 Å². The predicted molar refractivity (Wildman–Crippen MR) is 93.5 cm³/mol. The molecule has 1 unspecified atom stereocenters. The summed E-state index contributed by atoms with van der Waals surface area (Å²) in [6, 6.07) is 7.53. The molecule has 1 aliphatic rings. The van der Waals surface area contributed by atoms with Gasteiger partial charge in [0.2, 0.25) is 0 Å². The first-order chi connectivity index (χ1) is 11.1. The van der Waals surface area contributed by atoms with Gasteiger partial charge in [-0.15, -0.1) is 17.5 Å². The van der Waals surface area contributed by atoms with Gasteiger partial charge in [-0.05, 0) is 59.5 Å². The van der Waals surface area contributed by atoms with E-state index in [1.54, 1.807) is 16.8 Å². The average molecular weight is 351 g/mol. The van der Waals surface area contributed by atoms with E-state index in [-0.39, 0.29) is 23.7 Å². The molecule has 0 aliphatic carbocycles. The van der Waals surface area contributed by atoms with E-state index in [0.29, 0.717) is 18.2 Å². The number of halogens is 1. The van der Waals surface area contributed by atoms with Gasteiger partial charge >= 0.3 is 0 Å².